The molecule has 1 saturated carbocycles. The molecule has 1 aromatic carbocycles. The highest BCUT2D eigenvalue weighted by molar-refractivity contribution is 6.58. The van der Waals surface area contributed by atoms with E-state index in [1.54, 1.807) is 30.3 Å². The number of unbranched alkanes of at least 4 members (excludes halogenated alkanes) is 2. The van der Waals surface area contributed by atoms with Crippen LogP contribution >= 0.6 is 0 Å². The average Bonchev–Trinajstić information content (AvgIpc) is 2.75. The maximum absolute atomic E-state index is 12.9. The van der Waals surface area contributed by atoms with E-state index in [0.29, 0.717) is 5.92 Å². The van der Waals surface area contributed by atoms with Crippen molar-refractivity contribution in [2.24, 2.45) is 11.8 Å². The average molecular weight is 425 g/mol. The third-order valence-electron chi connectivity index (χ3n) is 7.25. The molecule has 0 N–H and O–H groups in total. The first kappa shape index (κ1) is 22.5. The fraction of sp³-hybridized carbons (Fsp3) is 0.667. The molecular formula is C24H35F3OSi. The maximum atomic E-state index is 12.9. The van der Waals surface area contributed by atoms with Gasteiger partial charge in [0.25, 0.3) is 0 Å². The van der Waals surface area contributed by atoms with Crippen LogP contribution in [0, 0.1) is 11.8 Å². The lowest BCUT2D eigenvalue weighted by Crippen LogP contribution is -2.28. The molecule has 29 heavy (non-hydrogen) atoms. The molecule has 3 rings (SSSR count). The maximum Gasteiger partial charge on any atom is 0.344 e. The van der Waals surface area contributed by atoms with Crippen LogP contribution in [0.2, 0.25) is 18.1 Å². The lowest BCUT2D eigenvalue weighted by molar-refractivity contribution is 0.216. The molecule has 0 atom stereocenters. The van der Waals surface area contributed by atoms with Crippen LogP contribution in [0.5, 0.6) is 5.75 Å². The smallest absolute Gasteiger partial charge is 0.344 e. The number of halogens is 3. The fourth-order valence-corrected chi connectivity index (χ4v) is 9.04. The van der Waals surface area contributed by atoms with Gasteiger partial charge in [-0.2, -0.15) is 13.2 Å². The Kier molecular flexibility index (Phi) is 8.70. The summed E-state index contributed by atoms with van der Waals surface area (Å²) in [7, 11) is -0.423. The fourth-order valence-electron chi connectivity index (χ4n) is 5.51. The highest BCUT2D eigenvalue weighted by Gasteiger charge is 2.31. The summed E-state index contributed by atoms with van der Waals surface area (Å²) in [6.45, 7) is 2.29. The van der Waals surface area contributed by atoms with Crippen molar-refractivity contribution < 1.29 is 17.9 Å². The first-order valence-corrected chi connectivity index (χ1v) is 14.0. The Morgan fingerprint density at radius 2 is 1.52 bits per heavy atom. The SMILES string of the molecule is CCCCC[Si@H]1CC[C@H](C2CCC(c3ccc(OC(F)=C(F)F)cc3)CC2)CC1. The third kappa shape index (κ3) is 6.63. The Balaban J connectivity index is 1.42. The summed E-state index contributed by atoms with van der Waals surface area (Å²) in [4.78, 5) is 0. The predicted octanol–water partition coefficient (Wildman–Crippen LogP) is 8.20. The number of hydrogen-bond donors (Lipinski definition) is 0. The van der Waals surface area contributed by atoms with Gasteiger partial charge in [-0.25, -0.2) is 0 Å². The molecule has 1 nitrogen and oxygen atoms in total. The zero-order valence-corrected chi connectivity index (χ0v) is 18.8. The van der Waals surface area contributed by atoms with Crippen molar-refractivity contribution in [2.75, 3.05) is 0 Å². The van der Waals surface area contributed by atoms with Gasteiger partial charge in [0, 0.05) is 8.80 Å². The van der Waals surface area contributed by atoms with Crippen LogP contribution < -0.4 is 4.74 Å². The minimum Gasteiger partial charge on any atom is -0.428 e. The molecule has 0 radical (unpaired) electrons. The Labute approximate surface area is 175 Å². The van der Waals surface area contributed by atoms with Gasteiger partial charge in [-0.15, -0.1) is 0 Å². The summed E-state index contributed by atoms with van der Waals surface area (Å²) in [6, 6.07) is 9.88. The van der Waals surface area contributed by atoms with Crippen LogP contribution in [0.1, 0.15) is 76.2 Å². The second kappa shape index (κ2) is 11.2. The summed E-state index contributed by atoms with van der Waals surface area (Å²) in [5, 5.41) is 0. The van der Waals surface area contributed by atoms with Crippen LogP contribution in [-0.2, 0) is 0 Å². The molecular weight excluding hydrogens is 389 g/mol. The molecule has 2 fully saturated rings. The molecule has 0 amide bonds. The molecule has 2 aliphatic rings. The summed E-state index contributed by atoms with van der Waals surface area (Å²) < 4.78 is 41.7. The second-order valence-electron chi connectivity index (χ2n) is 9.09. The minimum atomic E-state index is -2.43. The Hall–Kier alpha value is -1.23. The van der Waals surface area contributed by atoms with Crippen molar-refractivity contribution in [3.8, 4) is 5.75 Å². The van der Waals surface area contributed by atoms with Crippen LogP contribution in [0.15, 0.2) is 36.4 Å². The zero-order chi connectivity index (χ0) is 20.6. The minimum absolute atomic E-state index is 0.118. The predicted molar refractivity (Wildman–Crippen MR) is 116 cm³/mol. The van der Waals surface area contributed by atoms with Crippen molar-refractivity contribution >= 4 is 8.80 Å². The van der Waals surface area contributed by atoms with Gasteiger partial charge in [0.1, 0.15) is 5.75 Å². The molecule has 0 unspecified atom stereocenters. The van der Waals surface area contributed by atoms with E-state index >= 15 is 0 Å². The largest absolute Gasteiger partial charge is 0.428 e. The van der Waals surface area contributed by atoms with Gasteiger partial charge < -0.3 is 4.74 Å². The molecule has 1 aromatic rings. The summed E-state index contributed by atoms with van der Waals surface area (Å²) in [5.74, 6) is 2.49. The molecule has 5 heteroatoms. The lowest BCUT2D eigenvalue weighted by Gasteiger charge is -2.37. The highest BCUT2D eigenvalue weighted by Crippen LogP contribution is 2.43. The Bertz CT molecular complexity index is 641. The molecule has 1 heterocycles. The van der Waals surface area contributed by atoms with Gasteiger partial charge >= 0.3 is 12.1 Å². The first-order valence-electron chi connectivity index (χ1n) is 11.5. The van der Waals surface area contributed by atoms with Gasteiger partial charge in [-0.3, -0.25) is 0 Å². The standard InChI is InChI=1S/C24H35F3OSi/c1-2-3-4-15-29-16-13-21(14-17-29)19-7-5-18(6-8-19)20-9-11-22(12-10-20)28-24(27)23(25)26/h9-12,18-19,21,29H,2-8,13-17H2,1H3/t18?,19?,21-,29-. The number of benzene rings is 1. The van der Waals surface area contributed by atoms with Crippen molar-refractivity contribution in [1.29, 1.82) is 0 Å². The molecule has 162 valence electrons. The Morgan fingerprint density at radius 3 is 2.10 bits per heavy atom. The molecule has 0 bridgehead atoms. The normalized spacial score (nSPS) is 27.4. The van der Waals surface area contributed by atoms with E-state index in [2.05, 4.69) is 11.7 Å². The van der Waals surface area contributed by atoms with Gasteiger partial charge in [0.15, 0.2) is 0 Å². The van der Waals surface area contributed by atoms with Crippen LogP contribution in [0.4, 0.5) is 13.2 Å². The summed E-state index contributed by atoms with van der Waals surface area (Å²) in [5.41, 5.74) is 1.22. The third-order valence-corrected chi connectivity index (χ3v) is 10.8. The van der Waals surface area contributed by atoms with Crippen molar-refractivity contribution in [3.63, 3.8) is 0 Å². The summed E-state index contributed by atoms with van der Waals surface area (Å²) in [6.07, 6.45) is 9.78. The highest BCUT2D eigenvalue weighted by atomic mass is 28.3. The van der Waals surface area contributed by atoms with Gasteiger partial charge in [-0.1, -0.05) is 69.3 Å². The van der Waals surface area contributed by atoms with E-state index < -0.39 is 20.9 Å². The van der Waals surface area contributed by atoms with Crippen molar-refractivity contribution in [3.05, 3.63) is 41.9 Å². The quantitative estimate of drug-likeness (QED) is 0.232. The molecule has 1 aliphatic heterocycles. The second-order valence-corrected chi connectivity index (χ2v) is 12.6. The van der Waals surface area contributed by atoms with Crippen molar-refractivity contribution in [2.45, 2.75) is 88.8 Å². The topological polar surface area (TPSA) is 9.23 Å². The zero-order valence-electron chi connectivity index (χ0n) is 17.6. The van der Waals surface area contributed by atoms with Gasteiger partial charge in [0.2, 0.25) is 0 Å². The van der Waals surface area contributed by atoms with Gasteiger partial charge in [0.05, 0.1) is 0 Å². The number of rotatable bonds is 8. The van der Waals surface area contributed by atoms with E-state index in [1.165, 1.54) is 63.4 Å². The van der Waals surface area contributed by atoms with E-state index in [-0.39, 0.29) is 5.75 Å². The first-order chi connectivity index (χ1) is 14.1. The lowest BCUT2D eigenvalue weighted by atomic mass is 9.72. The van der Waals surface area contributed by atoms with Crippen LogP contribution in [0.3, 0.4) is 0 Å². The van der Waals surface area contributed by atoms with Crippen molar-refractivity contribution in [1.82, 2.24) is 0 Å². The molecule has 1 saturated heterocycles. The summed E-state index contributed by atoms with van der Waals surface area (Å²) >= 11 is 0. The van der Waals surface area contributed by atoms with Crippen LogP contribution in [0.25, 0.3) is 0 Å². The number of ether oxygens (including phenoxy) is 1. The van der Waals surface area contributed by atoms with E-state index in [9.17, 15) is 13.2 Å². The molecule has 1 aliphatic carbocycles. The monoisotopic (exact) mass is 424 g/mol. The van der Waals surface area contributed by atoms with Crippen LogP contribution in [-0.4, -0.2) is 8.80 Å². The van der Waals surface area contributed by atoms with Gasteiger partial charge in [-0.05, 0) is 61.1 Å². The molecule has 0 spiro atoms. The Morgan fingerprint density at radius 1 is 0.897 bits per heavy atom. The van der Waals surface area contributed by atoms with E-state index in [4.69, 9.17) is 0 Å². The number of hydrogen-bond acceptors (Lipinski definition) is 1. The van der Waals surface area contributed by atoms with E-state index in [1.807, 2.05) is 12.1 Å². The molecule has 0 aromatic heterocycles. The van der Waals surface area contributed by atoms with E-state index in [0.717, 1.165) is 11.8 Å².